The molecule has 0 bridgehead atoms. The van der Waals surface area contributed by atoms with Crippen LogP contribution in [0.4, 0.5) is 5.69 Å². The van der Waals surface area contributed by atoms with Gasteiger partial charge in [0, 0.05) is 18.1 Å². The summed E-state index contributed by atoms with van der Waals surface area (Å²) in [5.41, 5.74) is 0.346. The molecule has 3 aliphatic carbocycles. The quantitative estimate of drug-likeness (QED) is 0.369. The molecule has 2 saturated carbocycles. The van der Waals surface area contributed by atoms with Crippen molar-refractivity contribution < 1.29 is 14.5 Å². The van der Waals surface area contributed by atoms with E-state index >= 15 is 0 Å². The second-order valence-corrected chi connectivity index (χ2v) is 6.88. The van der Waals surface area contributed by atoms with E-state index < -0.39 is 10.9 Å². The van der Waals surface area contributed by atoms with Gasteiger partial charge in [-0.3, -0.25) is 10.1 Å². The molecule has 0 radical (unpaired) electrons. The minimum atomic E-state index is -0.474. The molecule has 3 aliphatic rings. The van der Waals surface area contributed by atoms with Crippen LogP contribution in [0.25, 0.3) is 0 Å². The van der Waals surface area contributed by atoms with Crippen LogP contribution in [0.3, 0.4) is 0 Å². The van der Waals surface area contributed by atoms with Crippen LogP contribution >= 0.6 is 0 Å². The largest absolute Gasteiger partial charge is 0.454 e. The fraction of sp³-hybridized carbons (Fsp3) is 0.500. The predicted octanol–water partition coefficient (Wildman–Crippen LogP) is 3.74. The molecule has 0 N–H and O–H groups in total. The highest BCUT2D eigenvalue weighted by Crippen LogP contribution is 2.54. The molecule has 0 spiro atoms. The van der Waals surface area contributed by atoms with E-state index in [4.69, 9.17) is 4.74 Å². The number of nitrogens with zero attached hydrogens (tertiary/aromatic N) is 1. The molecule has 1 aromatic carbocycles. The van der Waals surface area contributed by atoms with Crippen LogP contribution in [0.1, 0.15) is 36.0 Å². The number of allylic oxidation sites excluding steroid dienone is 1. The van der Waals surface area contributed by atoms with E-state index in [1.807, 2.05) is 0 Å². The topological polar surface area (TPSA) is 69.4 Å². The molecular weight excluding hydrogens is 294 g/mol. The van der Waals surface area contributed by atoms with E-state index in [0.717, 1.165) is 12.3 Å². The first-order chi connectivity index (χ1) is 11.1. The van der Waals surface area contributed by atoms with Crippen molar-refractivity contribution in [1.29, 1.82) is 0 Å². The number of hydrogen-bond donors (Lipinski definition) is 0. The Hall–Kier alpha value is -2.17. The van der Waals surface area contributed by atoms with E-state index in [0.29, 0.717) is 23.3 Å². The van der Waals surface area contributed by atoms with Crippen molar-refractivity contribution in [2.24, 2.45) is 23.7 Å². The standard InChI is InChI=1S/C18H19NO4/c20-18(13-3-7-14(8-4-13)19(21)22)23-16-10-6-12-2-1-11-5-9-15(16)17(11)12/h3-4,6-8,10-12,15-17H,1-2,5,9H2/t11-,12-,15-,16+,17+/m1/s1. The second-order valence-electron chi connectivity index (χ2n) is 6.88. The van der Waals surface area contributed by atoms with Gasteiger partial charge in [0.15, 0.2) is 0 Å². The van der Waals surface area contributed by atoms with Gasteiger partial charge in [0.2, 0.25) is 0 Å². The Morgan fingerprint density at radius 1 is 1.09 bits per heavy atom. The number of carbonyl (C=O) groups excluding carboxylic acids is 1. The third-order valence-corrected chi connectivity index (χ3v) is 5.80. The molecular formula is C18H19NO4. The van der Waals surface area contributed by atoms with Crippen molar-refractivity contribution >= 4 is 11.7 Å². The predicted molar refractivity (Wildman–Crippen MR) is 83.9 cm³/mol. The summed E-state index contributed by atoms with van der Waals surface area (Å²) < 4.78 is 5.72. The summed E-state index contributed by atoms with van der Waals surface area (Å²) in [6, 6.07) is 5.60. The van der Waals surface area contributed by atoms with E-state index in [2.05, 4.69) is 12.2 Å². The average molecular weight is 313 g/mol. The van der Waals surface area contributed by atoms with Crippen molar-refractivity contribution in [3.05, 3.63) is 52.1 Å². The number of carbonyl (C=O) groups is 1. The molecule has 0 aromatic heterocycles. The maximum Gasteiger partial charge on any atom is 0.338 e. The Balaban J connectivity index is 1.48. The summed E-state index contributed by atoms with van der Waals surface area (Å²) in [7, 11) is 0. The third-order valence-electron chi connectivity index (χ3n) is 5.80. The zero-order valence-corrected chi connectivity index (χ0v) is 12.8. The fourth-order valence-corrected chi connectivity index (χ4v) is 4.78. The summed E-state index contributed by atoms with van der Waals surface area (Å²) in [5.74, 6) is 2.20. The minimum Gasteiger partial charge on any atom is -0.454 e. The fourth-order valence-electron chi connectivity index (χ4n) is 4.78. The van der Waals surface area contributed by atoms with Crippen molar-refractivity contribution in [2.75, 3.05) is 0 Å². The minimum absolute atomic E-state index is 0.0217. The number of hydrogen-bond acceptors (Lipinski definition) is 4. The highest BCUT2D eigenvalue weighted by molar-refractivity contribution is 5.89. The second kappa shape index (κ2) is 5.48. The molecule has 120 valence electrons. The van der Waals surface area contributed by atoms with Crippen LogP contribution in [0, 0.1) is 33.8 Å². The maximum absolute atomic E-state index is 12.3. The zero-order valence-electron chi connectivity index (χ0n) is 12.8. The number of ether oxygens (including phenoxy) is 1. The average Bonchev–Trinajstić information content (AvgIpc) is 3.16. The first-order valence-corrected chi connectivity index (χ1v) is 8.27. The van der Waals surface area contributed by atoms with Gasteiger partial charge in [-0.15, -0.1) is 0 Å². The number of non-ortho nitro benzene ring substituents is 1. The lowest BCUT2D eigenvalue weighted by atomic mass is 9.77. The molecule has 0 amide bonds. The van der Waals surface area contributed by atoms with E-state index in [-0.39, 0.29) is 11.8 Å². The van der Waals surface area contributed by atoms with Gasteiger partial charge in [-0.25, -0.2) is 4.79 Å². The van der Waals surface area contributed by atoms with Crippen LogP contribution < -0.4 is 0 Å². The lowest BCUT2D eigenvalue weighted by Crippen LogP contribution is -2.34. The smallest absolute Gasteiger partial charge is 0.338 e. The normalized spacial score (nSPS) is 34.2. The summed E-state index contributed by atoms with van der Waals surface area (Å²) in [4.78, 5) is 22.5. The molecule has 4 rings (SSSR count). The van der Waals surface area contributed by atoms with Crippen molar-refractivity contribution in [3.8, 4) is 0 Å². The summed E-state index contributed by atoms with van der Waals surface area (Å²) in [6.45, 7) is 0. The maximum atomic E-state index is 12.3. The molecule has 0 saturated heterocycles. The Morgan fingerprint density at radius 2 is 1.83 bits per heavy atom. The molecule has 1 aromatic rings. The Bertz CT molecular complexity index is 666. The molecule has 5 atom stereocenters. The van der Waals surface area contributed by atoms with Crippen molar-refractivity contribution in [3.63, 3.8) is 0 Å². The molecule has 5 nitrogen and oxygen atoms in total. The van der Waals surface area contributed by atoms with Gasteiger partial charge in [-0.1, -0.05) is 6.08 Å². The van der Waals surface area contributed by atoms with Gasteiger partial charge < -0.3 is 4.74 Å². The number of benzene rings is 1. The monoisotopic (exact) mass is 313 g/mol. The third kappa shape index (κ3) is 2.44. The zero-order chi connectivity index (χ0) is 16.0. The lowest BCUT2D eigenvalue weighted by Gasteiger charge is -2.33. The SMILES string of the molecule is O=C(O[C@H]1C=C[C@H]2CC[C@@H]3CC[C@H]1[C@@H]32)c1ccc([N+](=O)[O-])cc1. The molecule has 2 fully saturated rings. The first kappa shape index (κ1) is 14.4. The number of rotatable bonds is 3. The van der Waals surface area contributed by atoms with Crippen molar-refractivity contribution in [1.82, 2.24) is 0 Å². The molecule has 5 heteroatoms. The van der Waals surface area contributed by atoms with E-state index in [9.17, 15) is 14.9 Å². The summed E-state index contributed by atoms with van der Waals surface area (Å²) in [5, 5.41) is 10.7. The van der Waals surface area contributed by atoms with Crippen LogP contribution in [-0.2, 0) is 4.74 Å². The first-order valence-electron chi connectivity index (χ1n) is 8.27. The molecule has 0 unspecified atom stereocenters. The van der Waals surface area contributed by atoms with Crippen molar-refractivity contribution in [2.45, 2.75) is 31.8 Å². The van der Waals surface area contributed by atoms with Crippen LogP contribution in [0.15, 0.2) is 36.4 Å². The number of esters is 1. The lowest BCUT2D eigenvalue weighted by molar-refractivity contribution is -0.384. The molecule has 0 heterocycles. The summed E-state index contributed by atoms with van der Waals surface area (Å²) in [6.07, 6.45) is 9.10. The Kier molecular flexibility index (Phi) is 3.43. The van der Waals surface area contributed by atoms with Crippen LogP contribution in [-0.4, -0.2) is 17.0 Å². The van der Waals surface area contributed by atoms with Gasteiger partial charge in [-0.2, -0.15) is 0 Å². The van der Waals surface area contributed by atoms with Crippen LogP contribution in [0.2, 0.25) is 0 Å². The van der Waals surface area contributed by atoms with Gasteiger partial charge in [-0.05, 0) is 61.6 Å². The van der Waals surface area contributed by atoms with E-state index in [1.54, 1.807) is 0 Å². The van der Waals surface area contributed by atoms with E-state index in [1.165, 1.54) is 43.5 Å². The summed E-state index contributed by atoms with van der Waals surface area (Å²) >= 11 is 0. The Labute approximate surface area is 134 Å². The highest BCUT2D eigenvalue weighted by atomic mass is 16.6. The van der Waals surface area contributed by atoms with Gasteiger partial charge >= 0.3 is 5.97 Å². The van der Waals surface area contributed by atoms with Crippen LogP contribution in [0.5, 0.6) is 0 Å². The molecule has 0 aliphatic heterocycles. The number of nitro groups is 1. The van der Waals surface area contributed by atoms with Gasteiger partial charge in [0.25, 0.3) is 5.69 Å². The number of nitro benzene ring substituents is 1. The molecule has 23 heavy (non-hydrogen) atoms. The Morgan fingerprint density at radius 3 is 2.57 bits per heavy atom. The highest BCUT2D eigenvalue weighted by Gasteiger charge is 2.49. The van der Waals surface area contributed by atoms with Gasteiger partial charge in [0.05, 0.1) is 10.5 Å². The van der Waals surface area contributed by atoms with Gasteiger partial charge in [0.1, 0.15) is 6.10 Å².